The molecule has 8 rings (SSSR count). The molecular weight excluding hydrogens is 1320 g/mol. The number of Topliss-reactive ketones (excluding diaryl/α,β-unsaturated/α-hetero) is 1. The number of hydrogen-bond acceptors (Lipinski definition) is 23. The van der Waals surface area contributed by atoms with Crippen molar-refractivity contribution in [3.05, 3.63) is 51.5 Å². The third-order valence-electron chi connectivity index (χ3n) is 19.4. The van der Waals surface area contributed by atoms with Crippen LogP contribution >= 0.6 is 11.8 Å². The van der Waals surface area contributed by atoms with Crippen LogP contribution in [0.1, 0.15) is 159 Å². The highest BCUT2D eigenvalue weighted by Gasteiger charge is 2.53. The average molecular weight is 1410 g/mol. The molecular formula is C67H92FN9O21S. The van der Waals surface area contributed by atoms with Gasteiger partial charge in [-0.1, -0.05) is 27.2 Å². The maximum Gasteiger partial charge on any atom is 0.342 e. The summed E-state index contributed by atoms with van der Waals surface area (Å²) in [5.74, 6) is -8.14. The standard InChI is InChI=1S/C67H92FN9O21S/c1-6-67(95)43-25-47-56-39(29-76(47)63(91)42(43)32-97-66(67)94)24-41-40(35(4)44(68)26-46(41)73-56)12-9-10-22-96-33-70-60(88)36(5)71-62(90)55(34(2)3)74-61(89)45(18-19-51(82)69-27-48(79)57(86)58(87)50(81)31-78)72-52(83)13-8-7-11-23-99-59-49(80)30-75(64(59)92)28-37-14-16-38(17-15-37)65(93)98-77-53(84)20-21-54(77)85/h24,26,34,36-38,45,47-48,50,55,57-59,78-79,81,86-87,95H,6-23,25,27-33H2,1-5H3,(H,69,82)(H,70,88)(H,71,90)(H,72,83)(H,74,89)/t36-,37?,38?,45-,47?,48-,50+,55-,57+,58+,59?,67-/m0/s1. The first-order valence-corrected chi connectivity index (χ1v) is 35.0. The Hall–Kier alpha value is -7.59. The first-order chi connectivity index (χ1) is 47.1. The van der Waals surface area contributed by atoms with Crippen molar-refractivity contribution in [1.82, 2.24) is 46.4 Å². The van der Waals surface area contributed by atoms with Gasteiger partial charge in [0.1, 0.15) is 60.8 Å². The lowest BCUT2D eigenvalue weighted by atomic mass is 9.79. The second-order valence-corrected chi connectivity index (χ2v) is 27.9. The molecule has 2 saturated heterocycles. The Balaban J connectivity index is 0.769. The fraction of sp³-hybridized carbons (Fsp3) is 0.657. The van der Waals surface area contributed by atoms with Crippen molar-refractivity contribution in [2.75, 3.05) is 51.9 Å². The van der Waals surface area contributed by atoms with Crippen LogP contribution in [-0.2, 0) is 84.8 Å². The number of rotatable bonds is 35. The monoisotopic (exact) mass is 1410 g/mol. The van der Waals surface area contributed by atoms with Gasteiger partial charge >= 0.3 is 11.9 Å². The molecule has 1 aliphatic carbocycles. The summed E-state index contributed by atoms with van der Waals surface area (Å²) in [6, 6.07) is -1.09. The molecule has 9 amide bonds. The van der Waals surface area contributed by atoms with Crippen LogP contribution in [0, 0.1) is 30.5 Å². The summed E-state index contributed by atoms with van der Waals surface area (Å²) < 4.78 is 26.4. The Labute approximate surface area is 575 Å². The van der Waals surface area contributed by atoms with Gasteiger partial charge in [-0.15, -0.1) is 16.8 Å². The number of carbonyl (C=O) groups excluding carboxylic acids is 12. The molecule has 0 radical (unpaired) electrons. The van der Waals surface area contributed by atoms with Crippen molar-refractivity contribution in [2.24, 2.45) is 17.8 Å². The minimum atomic E-state index is -1.97. The number of aliphatic hydroxyl groups excluding tert-OH is 5. The molecule has 1 saturated carbocycles. The van der Waals surface area contributed by atoms with Crippen molar-refractivity contribution in [3.63, 3.8) is 0 Å². The molecule has 2 aromatic rings. The lowest BCUT2D eigenvalue weighted by Gasteiger charge is -2.41. The van der Waals surface area contributed by atoms with E-state index in [1.165, 1.54) is 29.7 Å². The molecule has 32 heteroatoms. The van der Waals surface area contributed by atoms with E-state index in [2.05, 4.69) is 26.6 Å². The van der Waals surface area contributed by atoms with Crippen LogP contribution in [0.15, 0.2) is 23.3 Å². The highest BCUT2D eigenvalue weighted by Crippen LogP contribution is 2.48. The number of hydroxylamine groups is 2. The number of nitrogens with one attached hydrogen (secondary N) is 5. The highest BCUT2D eigenvalue weighted by molar-refractivity contribution is 8.01. The molecule has 5 aliphatic heterocycles. The van der Waals surface area contributed by atoms with Crippen LogP contribution in [0.3, 0.4) is 0 Å². The number of imide groups is 1. The Bertz CT molecular complexity index is 3420. The number of thioether (sulfide) groups is 1. The minimum Gasteiger partial charge on any atom is -0.458 e. The van der Waals surface area contributed by atoms with E-state index < -0.39 is 150 Å². The van der Waals surface area contributed by atoms with Gasteiger partial charge in [0.05, 0.1) is 48.0 Å². The molecule has 0 bridgehead atoms. The van der Waals surface area contributed by atoms with Crippen LogP contribution in [0.2, 0.25) is 0 Å². The SMILES string of the molecule is CC[C@@]1(O)C(=O)OCC2=C1CC1c3nc4cc(F)c(C)c(CCCCOCNC(=O)[C@H](C)NC(=O)[C@@H](NC(=O)[C@H](CCC(=O)NC[C@H](O)[C@@H](O)[C@H](O)[C@H](O)CO)NC(=O)CCCCCSC5C(=O)CN(CC6CCC(C(=O)ON7C(=O)CCC7=O)CC6)C5=O)C(C)C)c4cc3CN1C2=O. The van der Waals surface area contributed by atoms with Gasteiger partial charge in [0.2, 0.25) is 35.4 Å². The van der Waals surface area contributed by atoms with Crippen LogP contribution in [0.25, 0.3) is 10.9 Å². The number of unbranched alkanes of at least 4 members (excludes halogenated alkanes) is 3. The molecule has 1 aromatic heterocycles. The normalized spacial score (nSPS) is 22.9. The Morgan fingerprint density at radius 2 is 1.54 bits per heavy atom. The van der Waals surface area contributed by atoms with Gasteiger partial charge in [-0.2, -0.15) is 0 Å². The fourth-order valence-corrected chi connectivity index (χ4v) is 14.5. The molecule has 30 nitrogen and oxygen atoms in total. The number of aromatic nitrogens is 1. The molecule has 10 atom stereocenters. The van der Waals surface area contributed by atoms with Crippen LogP contribution in [-0.4, -0.2) is 227 Å². The zero-order valence-corrected chi connectivity index (χ0v) is 57.2. The molecule has 0 spiro atoms. The number of cyclic esters (lactones) is 1. The number of hydrogen-bond donors (Lipinski definition) is 11. The summed E-state index contributed by atoms with van der Waals surface area (Å²) in [5, 5.41) is 73.8. The lowest BCUT2D eigenvalue weighted by molar-refractivity contribution is -0.201. The second-order valence-electron chi connectivity index (χ2n) is 26.7. The van der Waals surface area contributed by atoms with Crippen LogP contribution < -0.4 is 26.6 Å². The topological polar surface area (TPSA) is 437 Å². The molecule has 99 heavy (non-hydrogen) atoms. The van der Waals surface area contributed by atoms with Crippen molar-refractivity contribution < 1.29 is 107 Å². The minimum absolute atomic E-state index is 0.0106. The number of nitrogens with zero attached hydrogens (tertiary/aromatic N) is 4. The van der Waals surface area contributed by atoms with Gasteiger partial charge in [0.25, 0.3) is 17.7 Å². The quantitative estimate of drug-likeness (QED) is 0.0140. The highest BCUT2D eigenvalue weighted by atomic mass is 32.2. The summed E-state index contributed by atoms with van der Waals surface area (Å²) in [6.45, 7) is 6.71. The predicted molar refractivity (Wildman–Crippen MR) is 348 cm³/mol. The number of pyridine rings is 1. The van der Waals surface area contributed by atoms with Crippen molar-refractivity contribution in [2.45, 2.75) is 210 Å². The largest absolute Gasteiger partial charge is 0.458 e. The number of esters is 1. The van der Waals surface area contributed by atoms with Crippen LogP contribution in [0.5, 0.6) is 0 Å². The van der Waals surface area contributed by atoms with Gasteiger partial charge < -0.3 is 81.3 Å². The zero-order chi connectivity index (χ0) is 72.2. The van der Waals surface area contributed by atoms with E-state index in [1.54, 1.807) is 32.6 Å². The van der Waals surface area contributed by atoms with E-state index in [0.29, 0.717) is 104 Å². The smallest absolute Gasteiger partial charge is 0.342 e. The molecule has 11 N–H and O–H groups in total. The predicted octanol–water partition coefficient (Wildman–Crippen LogP) is -0.173. The van der Waals surface area contributed by atoms with Crippen molar-refractivity contribution in [3.8, 4) is 0 Å². The number of fused-ring (bicyclic) bond motifs is 4. The Morgan fingerprint density at radius 1 is 0.828 bits per heavy atom. The number of halogens is 1. The van der Waals surface area contributed by atoms with E-state index in [9.17, 15) is 83.1 Å². The van der Waals surface area contributed by atoms with E-state index in [4.69, 9.17) is 24.4 Å². The average Bonchev–Trinajstić information content (AvgIpc) is 1.64. The fourth-order valence-electron chi connectivity index (χ4n) is 13.3. The lowest BCUT2D eigenvalue weighted by Crippen LogP contribution is -2.58. The van der Waals surface area contributed by atoms with Gasteiger partial charge in [0, 0.05) is 63.4 Å². The number of aryl methyl sites for hydroxylation is 1. The molecule has 544 valence electrons. The molecule has 6 heterocycles. The van der Waals surface area contributed by atoms with Gasteiger partial charge in [-0.3, -0.25) is 52.9 Å². The summed E-state index contributed by atoms with van der Waals surface area (Å²) >= 11 is 1.20. The number of carbonyl (C=O) groups is 12. The van der Waals surface area contributed by atoms with Gasteiger partial charge in [-0.25, -0.2) is 14.0 Å². The maximum absolute atomic E-state index is 15.5. The van der Waals surface area contributed by atoms with E-state index in [1.807, 2.05) is 6.07 Å². The van der Waals surface area contributed by atoms with Crippen molar-refractivity contribution in [1.29, 1.82) is 0 Å². The number of aliphatic hydroxyl groups is 6. The summed E-state index contributed by atoms with van der Waals surface area (Å²) in [5.41, 5.74) is 1.59. The van der Waals surface area contributed by atoms with Crippen LogP contribution in [0.4, 0.5) is 4.39 Å². The first kappa shape index (κ1) is 77.2. The summed E-state index contributed by atoms with van der Waals surface area (Å²) in [7, 11) is 0. The number of amides is 9. The Morgan fingerprint density at radius 3 is 2.22 bits per heavy atom. The van der Waals surface area contributed by atoms with Gasteiger partial charge in [-0.05, 0) is 137 Å². The molecule has 1 aromatic carbocycles. The number of benzene rings is 1. The number of likely N-dealkylation sites (tertiary alicyclic amines) is 1. The third-order valence-corrected chi connectivity index (χ3v) is 20.7. The number of ketones is 1. The molecule has 3 fully saturated rings. The number of ether oxygens (including phenoxy) is 2. The maximum atomic E-state index is 15.5. The second kappa shape index (κ2) is 34.7. The van der Waals surface area contributed by atoms with E-state index in [-0.39, 0.29) is 101 Å². The first-order valence-electron chi connectivity index (χ1n) is 34.0. The van der Waals surface area contributed by atoms with E-state index >= 15 is 4.39 Å². The third kappa shape index (κ3) is 18.7. The zero-order valence-electron chi connectivity index (χ0n) is 56.3. The summed E-state index contributed by atoms with van der Waals surface area (Å²) in [4.78, 5) is 170. The Kier molecular flexibility index (Phi) is 27.0. The van der Waals surface area contributed by atoms with Gasteiger partial charge in [0.15, 0.2) is 11.4 Å². The van der Waals surface area contributed by atoms with E-state index in [0.717, 1.165) is 16.5 Å². The summed E-state index contributed by atoms with van der Waals surface area (Å²) in [6.07, 6.45) is -3.35. The molecule has 6 aliphatic rings. The van der Waals surface area contributed by atoms with Crippen molar-refractivity contribution >= 4 is 93.6 Å². The molecule has 2 unspecified atom stereocenters.